The molecular formula is C13H19N5O. The van der Waals surface area contributed by atoms with Crippen LogP contribution in [0.5, 0.6) is 5.75 Å². The van der Waals surface area contributed by atoms with Gasteiger partial charge < -0.3 is 10.5 Å². The molecule has 0 fully saturated rings. The van der Waals surface area contributed by atoms with Crippen LogP contribution in [0.15, 0.2) is 18.2 Å². The first-order valence-electron chi connectivity index (χ1n) is 6.11. The molecule has 1 heterocycles. The van der Waals surface area contributed by atoms with Crippen molar-refractivity contribution in [1.82, 2.24) is 20.2 Å². The minimum absolute atomic E-state index is 0.0811. The zero-order valence-electron chi connectivity index (χ0n) is 11.7. The van der Waals surface area contributed by atoms with Gasteiger partial charge in [-0.3, -0.25) is 0 Å². The number of benzene rings is 1. The summed E-state index contributed by atoms with van der Waals surface area (Å²) < 4.78 is 6.98. The van der Waals surface area contributed by atoms with E-state index >= 15 is 0 Å². The molecule has 19 heavy (non-hydrogen) atoms. The second-order valence-corrected chi connectivity index (χ2v) is 5.67. The van der Waals surface area contributed by atoms with Gasteiger partial charge in [-0.1, -0.05) is 20.8 Å². The fourth-order valence-electron chi connectivity index (χ4n) is 1.81. The number of rotatable bonds is 3. The molecule has 0 spiro atoms. The molecule has 6 heteroatoms. The lowest BCUT2D eigenvalue weighted by Gasteiger charge is -2.18. The van der Waals surface area contributed by atoms with Crippen molar-refractivity contribution < 1.29 is 4.74 Å². The lowest BCUT2D eigenvalue weighted by Crippen LogP contribution is -2.17. The number of hydrogen-bond donors (Lipinski definition) is 1. The van der Waals surface area contributed by atoms with Crippen LogP contribution in [0.25, 0.3) is 11.4 Å². The summed E-state index contributed by atoms with van der Waals surface area (Å²) in [5, 5.41) is 11.9. The van der Waals surface area contributed by atoms with E-state index in [0.29, 0.717) is 18.1 Å². The van der Waals surface area contributed by atoms with Crippen LogP contribution in [0.3, 0.4) is 0 Å². The van der Waals surface area contributed by atoms with E-state index in [9.17, 15) is 0 Å². The smallest absolute Gasteiger partial charge is 0.184 e. The average molecular weight is 261 g/mol. The predicted molar refractivity (Wildman–Crippen MR) is 73.7 cm³/mol. The van der Waals surface area contributed by atoms with Gasteiger partial charge in [-0.15, -0.1) is 5.10 Å². The Labute approximate surface area is 112 Å². The number of aromatic nitrogens is 4. The van der Waals surface area contributed by atoms with Crippen LogP contribution in [-0.4, -0.2) is 27.3 Å². The largest absolute Gasteiger partial charge is 0.497 e. The van der Waals surface area contributed by atoms with E-state index in [-0.39, 0.29) is 5.41 Å². The number of nitrogen functional groups attached to an aromatic ring is 1. The maximum Gasteiger partial charge on any atom is 0.184 e. The van der Waals surface area contributed by atoms with Crippen LogP contribution < -0.4 is 10.5 Å². The number of methoxy groups -OCH3 is 1. The van der Waals surface area contributed by atoms with Crippen LogP contribution in [0.1, 0.15) is 20.8 Å². The van der Waals surface area contributed by atoms with Gasteiger partial charge in [-0.25, -0.2) is 4.68 Å². The minimum Gasteiger partial charge on any atom is -0.497 e. The van der Waals surface area contributed by atoms with Crippen LogP contribution in [-0.2, 0) is 6.54 Å². The number of hydrogen-bond acceptors (Lipinski definition) is 5. The van der Waals surface area contributed by atoms with Crippen LogP contribution in [0.4, 0.5) is 5.69 Å². The Kier molecular flexibility index (Phi) is 3.42. The van der Waals surface area contributed by atoms with Crippen molar-refractivity contribution in [2.45, 2.75) is 27.3 Å². The summed E-state index contributed by atoms with van der Waals surface area (Å²) in [4.78, 5) is 0. The van der Waals surface area contributed by atoms with E-state index in [1.807, 2.05) is 12.1 Å². The Morgan fingerprint density at radius 3 is 2.68 bits per heavy atom. The van der Waals surface area contributed by atoms with E-state index in [4.69, 9.17) is 10.5 Å². The van der Waals surface area contributed by atoms with E-state index in [2.05, 4.69) is 36.3 Å². The summed E-state index contributed by atoms with van der Waals surface area (Å²) in [5.41, 5.74) is 7.50. The Balaban J connectivity index is 2.45. The van der Waals surface area contributed by atoms with Gasteiger partial charge in [0.1, 0.15) is 5.75 Å². The SMILES string of the molecule is COc1ccc(N)c(-c2nnnn2CC(C)(C)C)c1. The molecule has 1 aromatic carbocycles. The summed E-state index contributed by atoms with van der Waals surface area (Å²) in [7, 11) is 1.62. The second-order valence-electron chi connectivity index (χ2n) is 5.67. The van der Waals surface area contributed by atoms with Crippen LogP contribution in [0.2, 0.25) is 0 Å². The van der Waals surface area contributed by atoms with Gasteiger partial charge in [0.2, 0.25) is 0 Å². The number of nitrogens with zero attached hydrogens (tertiary/aromatic N) is 4. The topological polar surface area (TPSA) is 78.8 Å². The molecule has 0 saturated carbocycles. The fourth-order valence-corrected chi connectivity index (χ4v) is 1.81. The molecule has 0 aliphatic heterocycles. The standard InChI is InChI=1S/C13H19N5O/c1-13(2,3)8-18-12(15-16-17-18)10-7-9(19-4)5-6-11(10)14/h5-7H,8,14H2,1-4H3. The molecule has 0 atom stereocenters. The van der Waals surface area contributed by atoms with Crippen molar-refractivity contribution in [2.75, 3.05) is 12.8 Å². The summed E-state index contributed by atoms with van der Waals surface area (Å²) in [6.45, 7) is 7.11. The number of tetrazole rings is 1. The van der Waals surface area contributed by atoms with Crippen molar-refractivity contribution in [1.29, 1.82) is 0 Å². The molecule has 0 aliphatic rings. The predicted octanol–water partition coefficient (Wildman–Crippen LogP) is 1.98. The van der Waals surface area contributed by atoms with Gasteiger partial charge in [-0.2, -0.15) is 0 Å². The Hall–Kier alpha value is -2.11. The van der Waals surface area contributed by atoms with Gasteiger partial charge in [0.25, 0.3) is 0 Å². The highest BCUT2D eigenvalue weighted by Crippen LogP contribution is 2.29. The van der Waals surface area contributed by atoms with Gasteiger partial charge >= 0.3 is 0 Å². The van der Waals surface area contributed by atoms with E-state index in [0.717, 1.165) is 11.3 Å². The van der Waals surface area contributed by atoms with E-state index in [1.54, 1.807) is 17.9 Å². The summed E-state index contributed by atoms with van der Waals surface area (Å²) in [6.07, 6.45) is 0. The van der Waals surface area contributed by atoms with E-state index < -0.39 is 0 Å². The Morgan fingerprint density at radius 1 is 1.32 bits per heavy atom. The molecular weight excluding hydrogens is 242 g/mol. The molecule has 0 unspecified atom stereocenters. The number of ether oxygens (including phenoxy) is 1. The molecule has 0 amide bonds. The highest BCUT2D eigenvalue weighted by molar-refractivity contribution is 5.73. The minimum atomic E-state index is 0.0811. The molecule has 0 bridgehead atoms. The van der Waals surface area contributed by atoms with Crippen molar-refractivity contribution in [3.8, 4) is 17.1 Å². The number of anilines is 1. The highest BCUT2D eigenvalue weighted by Gasteiger charge is 2.18. The van der Waals surface area contributed by atoms with Gasteiger partial charge in [0, 0.05) is 17.8 Å². The molecule has 2 rings (SSSR count). The van der Waals surface area contributed by atoms with Crippen molar-refractivity contribution >= 4 is 5.69 Å². The lowest BCUT2D eigenvalue weighted by molar-refractivity contribution is 0.323. The summed E-state index contributed by atoms with van der Waals surface area (Å²) in [6, 6.07) is 5.46. The summed E-state index contributed by atoms with van der Waals surface area (Å²) in [5.74, 6) is 1.39. The average Bonchev–Trinajstić information content (AvgIpc) is 2.75. The number of nitrogens with two attached hydrogens (primary N) is 1. The third-order valence-electron chi connectivity index (χ3n) is 2.66. The van der Waals surface area contributed by atoms with Crippen LogP contribution >= 0.6 is 0 Å². The zero-order chi connectivity index (χ0) is 14.0. The highest BCUT2D eigenvalue weighted by atomic mass is 16.5. The molecule has 0 aliphatic carbocycles. The quantitative estimate of drug-likeness (QED) is 0.855. The van der Waals surface area contributed by atoms with E-state index in [1.165, 1.54) is 0 Å². The lowest BCUT2D eigenvalue weighted by atomic mass is 9.97. The maximum atomic E-state index is 6.00. The molecule has 1 aromatic heterocycles. The molecule has 6 nitrogen and oxygen atoms in total. The molecule has 0 radical (unpaired) electrons. The van der Waals surface area contributed by atoms with Gasteiger partial charge in [0.15, 0.2) is 5.82 Å². The summed E-state index contributed by atoms with van der Waals surface area (Å²) >= 11 is 0. The Bertz CT molecular complexity index is 571. The third kappa shape index (κ3) is 3.01. The van der Waals surface area contributed by atoms with Gasteiger partial charge in [0.05, 0.1) is 7.11 Å². The third-order valence-corrected chi connectivity index (χ3v) is 2.66. The van der Waals surface area contributed by atoms with Crippen molar-refractivity contribution in [3.05, 3.63) is 18.2 Å². The first-order chi connectivity index (χ1) is 8.90. The van der Waals surface area contributed by atoms with Crippen LogP contribution in [0, 0.1) is 5.41 Å². The fraction of sp³-hybridized carbons (Fsp3) is 0.462. The van der Waals surface area contributed by atoms with Crippen molar-refractivity contribution in [2.24, 2.45) is 5.41 Å². The molecule has 2 N–H and O–H groups in total. The second kappa shape index (κ2) is 4.87. The van der Waals surface area contributed by atoms with Gasteiger partial charge in [-0.05, 0) is 34.0 Å². The first kappa shape index (κ1) is 13.3. The van der Waals surface area contributed by atoms with Crippen molar-refractivity contribution in [3.63, 3.8) is 0 Å². The molecule has 102 valence electrons. The maximum absolute atomic E-state index is 6.00. The zero-order valence-corrected chi connectivity index (χ0v) is 11.7. The Morgan fingerprint density at radius 2 is 2.05 bits per heavy atom. The molecule has 2 aromatic rings. The monoisotopic (exact) mass is 261 g/mol. The molecule has 0 saturated heterocycles. The first-order valence-corrected chi connectivity index (χ1v) is 6.11. The normalized spacial score (nSPS) is 11.6.